The second-order valence-corrected chi connectivity index (χ2v) is 5.58. The number of amides is 1. The molecule has 5 heteroatoms. The SMILES string of the molecule is CC(C)N1CCCCC1C(=O)NCc1cnn(C)c1. The van der Waals surface area contributed by atoms with Crippen LogP contribution in [0.5, 0.6) is 0 Å². The van der Waals surface area contributed by atoms with Gasteiger partial charge in [0, 0.05) is 31.4 Å². The summed E-state index contributed by atoms with van der Waals surface area (Å²) in [4.78, 5) is 14.6. The van der Waals surface area contributed by atoms with Gasteiger partial charge in [-0.15, -0.1) is 0 Å². The number of likely N-dealkylation sites (tertiary alicyclic amines) is 1. The van der Waals surface area contributed by atoms with Crippen LogP contribution in [0.15, 0.2) is 12.4 Å². The molecule has 1 aliphatic rings. The van der Waals surface area contributed by atoms with Crippen molar-refractivity contribution in [3.8, 4) is 0 Å². The predicted molar refractivity (Wildman–Crippen MR) is 74.5 cm³/mol. The lowest BCUT2D eigenvalue weighted by molar-refractivity contribution is -0.128. The topological polar surface area (TPSA) is 50.2 Å². The van der Waals surface area contributed by atoms with Crippen molar-refractivity contribution in [1.82, 2.24) is 20.0 Å². The minimum absolute atomic E-state index is 0.0328. The number of piperidine rings is 1. The van der Waals surface area contributed by atoms with Gasteiger partial charge in [-0.05, 0) is 33.2 Å². The van der Waals surface area contributed by atoms with Crippen LogP contribution in [-0.2, 0) is 18.4 Å². The molecule has 0 aliphatic carbocycles. The van der Waals surface area contributed by atoms with Crippen LogP contribution < -0.4 is 5.32 Å². The smallest absolute Gasteiger partial charge is 0.237 e. The molecule has 0 aromatic carbocycles. The molecule has 1 saturated heterocycles. The van der Waals surface area contributed by atoms with Crippen LogP contribution in [-0.4, -0.2) is 39.2 Å². The van der Waals surface area contributed by atoms with Crippen LogP contribution in [0, 0.1) is 0 Å². The highest BCUT2D eigenvalue weighted by Crippen LogP contribution is 2.19. The van der Waals surface area contributed by atoms with Crippen molar-refractivity contribution in [2.45, 2.75) is 51.7 Å². The number of carbonyl (C=O) groups is 1. The minimum atomic E-state index is 0.0328. The highest BCUT2D eigenvalue weighted by atomic mass is 16.2. The standard InChI is InChI=1S/C14H24N4O/c1-11(2)18-7-5-4-6-13(18)14(19)15-8-12-9-16-17(3)10-12/h9-11,13H,4-8H2,1-3H3,(H,15,19). The molecule has 0 bridgehead atoms. The minimum Gasteiger partial charge on any atom is -0.351 e. The summed E-state index contributed by atoms with van der Waals surface area (Å²) < 4.78 is 1.75. The van der Waals surface area contributed by atoms with Gasteiger partial charge in [0.2, 0.25) is 5.91 Å². The Bertz CT molecular complexity index is 427. The number of hydrogen-bond donors (Lipinski definition) is 1. The molecule has 1 atom stereocenters. The molecule has 106 valence electrons. The number of aromatic nitrogens is 2. The van der Waals surface area contributed by atoms with E-state index in [4.69, 9.17) is 0 Å². The van der Waals surface area contributed by atoms with Crippen molar-refractivity contribution in [3.05, 3.63) is 18.0 Å². The molecule has 1 unspecified atom stereocenters. The lowest BCUT2D eigenvalue weighted by Gasteiger charge is -2.37. The fourth-order valence-corrected chi connectivity index (χ4v) is 2.72. The highest BCUT2D eigenvalue weighted by molar-refractivity contribution is 5.81. The molecule has 5 nitrogen and oxygen atoms in total. The van der Waals surface area contributed by atoms with Crippen LogP contribution in [0.25, 0.3) is 0 Å². The summed E-state index contributed by atoms with van der Waals surface area (Å²) in [5, 5.41) is 7.14. The molecule has 1 aromatic rings. The quantitative estimate of drug-likeness (QED) is 0.892. The Labute approximate surface area is 115 Å². The number of nitrogens with zero attached hydrogens (tertiary/aromatic N) is 3. The molecule has 0 saturated carbocycles. The average molecular weight is 264 g/mol. The molecule has 1 aromatic heterocycles. The van der Waals surface area contributed by atoms with Crippen LogP contribution >= 0.6 is 0 Å². The molecule has 1 N–H and O–H groups in total. The van der Waals surface area contributed by atoms with Crippen LogP contribution in [0.1, 0.15) is 38.7 Å². The monoisotopic (exact) mass is 264 g/mol. The van der Waals surface area contributed by atoms with E-state index in [1.807, 2.05) is 13.2 Å². The number of hydrogen-bond acceptors (Lipinski definition) is 3. The van der Waals surface area contributed by atoms with Crippen molar-refractivity contribution in [2.75, 3.05) is 6.54 Å². The second-order valence-electron chi connectivity index (χ2n) is 5.58. The van der Waals surface area contributed by atoms with E-state index in [1.54, 1.807) is 10.9 Å². The van der Waals surface area contributed by atoms with E-state index in [0.29, 0.717) is 12.6 Å². The number of nitrogens with one attached hydrogen (secondary N) is 1. The van der Waals surface area contributed by atoms with Gasteiger partial charge in [0.05, 0.1) is 12.2 Å². The maximum Gasteiger partial charge on any atom is 0.237 e. The Kier molecular flexibility index (Phi) is 4.58. The number of carbonyl (C=O) groups excluding carboxylic acids is 1. The zero-order valence-electron chi connectivity index (χ0n) is 12.1. The molecule has 1 aliphatic heterocycles. The van der Waals surface area contributed by atoms with Crippen molar-refractivity contribution >= 4 is 5.91 Å². The summed E-state index contributed by atoms with van der Waals surface area (Å²) in [6.45, 7) is 5.91. The fraction of sp³-hybridized carbons (Fsp3) is 0.714. The average Bonchev–Trinajstić information content (AvgIpc) is 2.81. The van der Waals surface area contributed by atoms with Crippen molar-refractivity contribution in [3.63, 3.8) is 0 Å². The van der Waals surface area contributed by atoms with Gasteiger partial charge in [-0.1, -0.05) is 6.42 Å². The zero-order chi connectivity index (χ0) is 13.8. The van der Waals surface area contributed by atoms with Crippen molar-refractivity contribution in [1.29, 1.82) is 0 Å². The van der Waals surface area contributed by atoms with Gasteiger partial charge in [-0.2, -0.15) is 5.10 Å². The summed E-state index contributed by atoms with van der Waals surface area (Å²) >= 11 is 0. The summed E-state index contributed by atoms with van der Waals surface area (Å²) in [5.41, 5.74) is 1.04. The fourth-order valence-electron chi connectivity index (χ4n) is 2.72. The Balaban J connectivity index is 1.90. The van der Waals surface area contributed by atoms with Gasteiger partial charge in [0.25, 0.3) is 0 Å². The first-order chi connectivity index (χ1) is 9.08. The van der Waals surface area contributed by atoms with Crippen molar-refractivity contribution < 1.29 is 4.79 Å². The summed E-state index contributed by atoms with van der Waals surface area (Å²) in [6, 6.07) is 0.458. The van der Waals surface area contributed by atoms with Gasteiger partial charge in [-0.25, -0.2) is 0 Å². The summed E-state index contributed by atoms with van der Waals surface area (Å²) in [6.07, 6.45) is 7.04. The van der Waals surface area contributed by atoms with Gasteiger partial charge in [0.15, 0.2) is 0 Å². The van der Waals surface area contributed by atoms with Crippen LogP contribution in [0.2, 0.25) is 0 Å². The Morgan fingerprint density at radius 3 is 2.95 bits per heavy atom. The number of aryl methyl sites for hydroxylation is 1. The molecule has 0 spiro atoms. The Morgan fingerprint density at radius 2 is 2.32 bits per heavy atom. The molecule has 1 fully saturated rings. The first-order valence-corrected chi connectivity index (χ1v) is 7.09. The van der Waals surface area contributed by atoms with E-state index in [9.17, 15) is 4.79 Å². The molecule has 1 amide bonds. The summed E-state index contributed by atoms with van der Waals surface area (Å²) in [7, 11) is 1.88. The third-order valence-corrected chi connectivity index (χ3v) is 3.74. The second kappa shape index (κ2) is 6.19. The molecule has 19 heavy (non-hydrogen) atoms. The Morgan fingerprint density at radius 1 is 1.53 bits per heavy atom. The number of rotatable bonds is 4. The summed E-state index contributed by atoms with van der Waals surface area (Å²) in [5.74, 6) is 0.150. The van der Waals surface area contributed by atoms with E-state index in [1.165, 1.54) is 6.42 Å². The van der Waals surface area contributed by atoms with Crippen LogP contribution in [0.3, 0.4) is 0 Å². The molecular formula is C14H24N4O. The van der Waals surface area contributed by atoms with Gasteiger partial charge >= 0.3 is 0 Å². The first kappa shape index (κ1) is 14.1. The van der Waals surface area contributed by atoms with E-state index in [2.05, 4.69) is 29.2 Å². The molecular weight excluding hydrogens is 240 g/mol. The maximum atomic E-state index is 12.3. The maximum absolute atomic E-state index is 12.3. The molecule has 0 radical (unpaired) electrons. The lowest BCUT2D eigenvalue weighted by Crippen LogP contribution is -2.51. The third-order valence-electron chi connectivity index (χ3n) is 3.74. The van der Waals surface area contributed by atoms with Gasteiger partial charge in [-0.3, -0.25) is 14.4 Å². The molecule has 2 heterocycles. The van der Waals surface area contributed by atoms with E-state index < -0.39 is 0 Å². The van der Waals surface area contributed by atoms with E-state index in [-0.39, 0.29) is 11.9 Å². The third kappa shape index (κ3) is 3.56. The van der Waals surface area contributed by atoms with Gasteiger partial charge < -0.3 is 5.32 Å². The van der Waals surface area contributed by atoms with Crippen molar-refractivity contribution in [2.24, 2.45) is 7.05 Å². The largest absolute Gasteiger partial charge is 0.351 e. The highest BCUT2D eigenvalue weighted by Gasteiger charge is 2.29. The first-order valence-electron chi connectivity index (χ1n) is 7.09. The van der Waals surface area contributed by atoms with Crippen LogP contribution in [0.4, 0.5) is 0 Å². The molecule has 2 rings (SSSR count). The van der Waals surface area contributed by atoms with Gasteiger partial charge in [0.1, 0.15) is 0 Å². The Hall–Kier alpha value is -1.36. The van der Waals surface area contributed by atoms with E-state index >= 15 is 0 Å². The predicted octanol–water partition coefficient (Wildman–Crippen LogP) is 1.30. The normalized spacial score (nSPS) is 20.7. The zero-order valence-corrected chi connectivity index (χ0v) is 12.1. The van der Waals surface area contributed by atoms with E-state index in [0.717, 1.165) is 24.9 Å². The lowest BCUT2D eigenvalue weighted by atomic mass is 9.99.